The van der Waals surface area contributed by atoms with Crippen molar-refractivity contribution in [1.29, 1.82) is 0 Å². The summed E-state index contributed by atoms with van der Waals surface area (Å²) in [5.74, 6) is -1.52. The van der Waals surface area contributed by atoms with Crippen molar-refractivity contribution in [3.05, 3.63) is 22.5 Å². The molecular weight excluding hydrogens is 312 g/mol. The second-order valence-corrected chi connectivity index (χ2v) is 5.68. The Kier molecular flexibility index (Phi) is 7.48. The van der Waals surface area contributed by atoms with E-state index >= 15 is 0 Å². The van der Waals surface area contributed by atoms with Crippen LogP contribution in [0, 0.1) is 13.8 Å². The molecule has 1 heterocycles. The van der Waals surface area contributed by atoms with Gasteiger partial charge in [-0.1, -0.05) is 13.3 Å². The highest BCUT2D eigenvalue weighted by Gasteiger charge is 2.24. The SMILES string of the molecule is CCC[C@@H](C)NC(=O)COC(=O)c1[nH]c(C)c(C(=O)OCC)c1C. The molecule has 0 fully saturated rings. The molecule has 1 aromatic rings. The fourth-order valence-corrected chi connectivity index (χ4v) is 2.49. The van der Waals surface area contributed by atoms with E-state index in [2.05, 4.69) is 10.3 Å². The zero-order valence-corrected chi connectivity index (χ0v) is 14.9. The van der Waals surface area contributed by atoms with E-state index in [1.54, 1.807) is 20.8 Å². The number of hydrogen-bond acceptors (Lipinski definition) is 5. The quantitative estimate of drug-likeness (QED) is 0.709. The molecule has 24 heavy (non-hydrogen) atoms. The summed E-state index contributed by atoms with van der Waals surface area (Å²) in [5, 5.41) is 2.75. The number of ether oxygens (including phenoxy) is 2. The minimum Gasteiger partial charge on any atom is -0.462 e. The molecule has 0 aliphatic carbocycles. The lowest BCUT2D eigenvalue weighted by atomic mass is 10.1. The number of H-pyrrole nitrogens is 1. The third-order valence-electron chi connectivity index (χ3n) is 3.58. The topological polar surface area (TPSA) is 97.5 Å². The maximum absolute atomic E-state index is 12.1. The van der Waals surface area contributed by atoms with E-state index in [1.807, 2.05) is 13.8 Å². The van der Waals surface area contributed by atoms with E-state index in [4.69, 9.17) is 9.47 Å². The van der Waals surface area contributed by atoms with E-state index in [0.717, 1.165) is 12.8 Å². The summed E-state index contributed by atoms with van der Waals surface area (Å²) < 4.78 is 10.00. The molecule has 0 unspecified atom stereocenters. The normalized spacial score (nSPS) is 11.7. The molecule has 7 nitrogen and oxygen atoms in total. The van der Waals surface area contributed by atoms with Crippen LogP contribution in [0.4, 0.5) is 0 Å². The molecule has 7 heteroatoms. The number of rotatable bonds is 8. The fourth-order valence-electron chi connectivity index (χ4n) is 2.49. The van der Waals surface area contributed by atoms with E-state index < -0.39 is 11.9 Å². The first-order valence-corrected chi connectivity index (χ1v) is 8.14. The second kappa shape index (κ2) is 9.10. The van der Waals surface area contributed by atoms with Crippen LogP contribution in [0.2, 0.25) is 0 Å². The monoisotopic (exact) mass is 338 g/mol. The van der Waals surface area contributed by atoms with Gasteiger partial charge in [-0.25, -0.2) is 9.59 Å². The highest BCUT2D eigenvalue weighted by atomic mass is 16.5. The van der Waals surface area contributed by atoms with Gasteiger partial charge >= 0.3 is 11.9 Å². The van der Waals surface area contributed by atoms with Crippen molar-refractivity contribution in [2.24, 2.45) is 0 Å². The molecule has 0 bridgehead atoms. The zero-order valence-electron chi connectivity index (χ0n) is 14.9. The fraction of sp³-hybridized carbons (Fsp3) is 0.588. The lowest BCUT2D eigenvalue weighted by Crippen LogP contribution is -2.35. The Morgan fingerprint density at radius 1 is 1.12 bits per heavy atom. The number of hydrogen-bond donors (Lipinski definition) is 2. The molecule has 0 aromatic carbocycles. The molecule has 0 saturated heterocycles. The molecule has 1 rings (SSSR count). The van der Waals surface area contributed by atoms with Gasteiger partial charge in [-0.05, 0) is 39.7 Å². The Morgan fingerprint density at radius 3 is 2.38 bits per heavy atom. The van der Waals surface area contributed by atoms with Crippen LogP contribution < -0.4 is 5.32 Å². The Balaban J connectivity index is 2.71. The van der Waals surface area contributed by atoms with E-state index in [-0.39, 0.29) is 30.9 Å². The Morgan fingerprint density at radius 2 is 1.79 bits per heavy atom. The van der Waals surface area contributed by atoms with Gasteiger partial charge in [0, 0.05) is 11.7 Å². The van der Waals surface area contributed by atoms with Crippen LogP contribution in [0.1, 0.15) is 65.7 Å². The lowest BCUT2D eigenvalue weighted by molar-refractivity contribution is -0.124. The summed E-state index contributed by atoms with van der Waals surface area (Å²) in [4.78, 5) is 38.6. The minimum absolute atomic E-state index is 0.0334. The largest absolute Gasteiger partial charge is 0.462 e. The van der Waals surface area contributed by atoms with Crippen LogP contribution in [0.5, 0.6) is 0 Å². The average Bonchev–Trinajstić information content (AvgIpc) is 2.80. The van der Waals surface area contributed by atoms with Crippen LogP contribution in [0.15, 0.2) is 0 Å². The summed E-state index contributed by atoms with van der Waals surface area (Å²) in [6.07, 6.45) is 1.82. The first-order chi connectivity index (χ1) is 11.3. The number of aryl methyl sites for hydroxylation is 1. The number of amides is 1. The van der Waals surface area contributed by atoms with Crippen molar-refractivity contribution >= 4 is 17.8 Å². The van der Waals surface area contributed by atoms with Crippen molar-refractivity contribution in [1.82, 2.24) is 10.3 Å². The predicted molar refractivity (Wildman–Crippen MR) is 89.0 cm³/mol. The number of aromatic nitrogens is 1. The Labute approximate surface area is 142 Å². The van der Waals surface area contributed by atoms with Crippen molar-refractivity contribution < 1.29 is 23.9 Å². The summed E-state index contributed by atoms with van der Waals surface area (Å²) in [6.45, 7) is 8.83. The molecular formula is C17H26N2O5. The number of aromatic amines is 1. The van der Waals surface area contributed by atoms with Crippen molar-refractivity contribution in [2.75, 3.05) is 13.2 Å². The molecule has 0 saturated carbocycles. The van der Waals surface area contributed by atoms with Gasteiger partial charge in [0.25, 0.3) is 5.91 Å². The molecule has 0 aliphatic heterocycles. The molecule has 0 aliphatic rings. The van der Waals surface area contributed by atoms with Gasteiger partial charge in [-0.15, -0.1) is 0 Å². The molecule has 1 atom stereocenters. The van der Waals surface area contributed by atoms with Gasteiger partial charge in [-0.2, -0.15) is 0 Å². The standard InChI is InChI=1S/C17H26N2O5/c1-6-8-10(3)18-13(20)9-24-17(22)15-11(4)14(12(5)19-15)16(21)23-7-2/h10,19H,6-9H2,1-5H3,(H,18,20)/t10-/m1/s1. The molecule has 1 amide bonds. The molecule has 0 radical (unpaired) electrons. The van der Waals surface area contributed by atoms with E-state index in [9.17, 15) is 14.4 Å². The van der Waals surface area contributed by atoms with Crippen LogP contribution >= 0.6 is 0 Å². The van der Waals surface area contributed by atoms with Gasteiger partial charge in [0.05, 0.1) is 12.2 Å². The maximum atomic E-state index is 12.1. The first-order valence-electron chi connectivity index (χ1n) is 8.14. The Bertz CT molecular complexity index is 606. The summed E-state index contributed by atoms with van der Waals surface area (Å²) in [6, 6.07) is 0.0334. The molecule has 134 valence electrons. The van der Waals surface area contributed by atoms with E-state index in [1.165, 1.54) is 0 Å². The lowest BCUT2D eigenvalue weighted by Gasteiger charge is -2.12. The van der Waals surface area contributed by atoms with Crippen molar-refractivity contribution in [2.45, 2.75) is 53.5 Å². The summed E-state index contributed by atoms with van der Waals surface area (Å²) >= 11 is 0. The van der Waals surface area contributed by atoms with E-state index in [0.29, 0.717) is 16.8 Å². The Hall–Kier alpha value is -2.31. The number of esters is 2. The molecule has 1 aromatic heterocycles. The zero-order chi connectivity index (χ0) is 18.3. The van der Waals surface area contributed by atoms with Gasteiger partial charge in [-0.3, -0.25) is 4.79 Å². The van der Waals surface area contributed by atoms with Crippen molar-refractivity contribution in [3.8, 4) is 0 Å². The minimum atomic E-state index is -0.676. The first kappa shape index (κ1) is 19.7. The maximum Gasteiger partial charge on any atom is 0.355 e. The highest BCUT2D eigenvalue weighted by molar-refractivity contribution is 5.99. The van der Waals surface area contributed by atoms with Gasteiger partial charge in [0.15, 0.2) is 6.61 Å². The smallest absolute Gasteiger partial charge is 0.355 e. The number of nitrogens with one attached hydrogen (secondary N) is 2. The summed E-state index contributed by atoms with van der Waals surface area (Å²) in [5.41, 5.74) is 1.46. The number of carbonyl (C=O) groups excluding carboxylic acids is 3. The second-order valence-electron chi connectivity index (χ2n) is 5.68. The average molecular weight is 338 g/mol. The third-order valence-corrected chi connectivity index (χ3v) is 3.58. The van der Waals surface area contributed by atoms with Crippen LogP contribution in [-0.4, -0.2) is 42.1 Å². The summed E-state index contributed by atoms with van der Waals surface area (Å²) in [7, 11) is 0. The molecule has 2 N–H and O–H groups in total. The molecule has 0 spiro atoms. The predicted octanol–water partition coefficient (Wildman–Crippen LogP) is 2.27. The van der Waals surface area contributed by atoms with Gasteiger partial charge in [0.1, 0.15) is 5.69 Å². The van der Waals surface area contributed by atoms with Gasteiger partial charge < -0.3 is 19.8 Å². The van der Waals surface area contributed by atoms with Crippen LogP contribution in [-0.2, 0) is 14.3 Å². The van der Waals surface area contributed by atoms with Crippen molar-refractivity contribution in [3.63, 3.8) is 0 Å². The third kappa shape index (κ3) is 5.11. The highest BCUT2D eigenvalue weighted by Crippen LogP contribution is 2.19. The van der Waals surface area contributed by atoms with Gasteiger partial charge in [0.2, 0.25) is 0 Å². The van der Waals surface area contributed by atoms with Crippen LogP contribution in [0.25, 0.3) is 0 Å². The number of carbonyl (C=O) groups is 3. The van der Waals surface area contributed by atoms with Crippen LogP contribution in [0.3, 0.4) is 0 Å².